The lowest BCUT2D eigenvalue weighted by Crippen LogP contribution is -2.28. The van der Waals surface area contributed by atoms with Crippen molar-refractivity contribution in [2.24, 2.45) is 0 Å². The summed E-state index contributed by atoms with van der Waals surface area (Å²) in [5, 5.41) is 8.49. The van der Waals surface area contributed by atoms with Crippen LogP contribution in [0.25, 0.3) is 0 Å². The van der Waals surface area contributed by atoms with E-state index in [4.69, 9.17) is 0 Å². The van der Waals surface area contributed by atoms with Crippen molar-refractivity contribution in [1.82, 2.24) is 15.6 Å². The highest BCUT2D eigenvalue weighted by Crippen LogP contribution is 2.13. The Labute approximate surface area is 174 Å². The quantitative estimate of drug-likeness (QED) is 0.554. The molecule has 0 saturated heterocycles. The van der Waals surface area contributed by atoms with Crippen molar-refractivity contribution in [1.29, 1.82) is 0 Å². The number of rotatable bonds is 6. The molecule has 6 heteroatoms. The fourth-order valence-electron chi connectivity index (χ4n) is 2.75. The maximum atomic E-state index is 12.4. The maximum Gasteiger partial charge on any atom is 0.319 e. The first-order valence-corrected chi connectivity index (χ1v) is 9.43. The lowest BCUT2D eigenvalue weighted by Gasteiger charge is -2.13. The second kappa shape index (κ2) is 9.50. The largest absolute Gasteiger partial charge is 0.344 e. The van der Waals surface area contributed by atoms with Crippen molar-refractivity contribution in [3.8, 4) is 0 Å². The number of carbonyl (C=O) groups is 2. The third-order valence-corrected chi connectivity index (χ3v) is 4.46. The topological polar surface area (TPSA) is 83.1 Å². The second-order valence-electron chi connectivity index (χ2n) is 6.82. The van der Waals surface area contributed by atoms with Crippen LogP contribution >= 0.6 is 0 Å². The van der Waals surface area contributed by atoms with Gasteiger partial charge in [-0.15, -0.1) is 0 Å². The molecule has 0 aliphatic carbocycles. The summed E-state index contributed by atoms with van der Waals surface area (Å²) in [6, 6.07) is 19.8. The summed E-state index contributed by atoms with van der Waals surface area (Å²) in [4.78, 5) is 28.7. The second-order valence-corrected chi connectivity index (χ2v) is 6.82. The minimum Gasteiger partial charge on any atom is -0.344 e. The lowest BCUT2D eigenvalue weighted by molar-refractivity contribution is 0.0939. The van der Waals surface area contributed by atoms with Crippen molar-refractivity contribution in [2.75, 3.05) is 5.32 Å². The zero-order valence-electron chi connectivity index (χ0n) is 16.5. The molecule has 0 saturated carbocycles. The van der Waals surface area contributed by atoms with Crippen molar-refractivity contribution >= 4 is 17.6 Å². The monoisotopic (exact) mass is 394 g/mol. The SMILES string of the molecule is Cc1ccc(CNC(=O)Nc2ccc(C(=O)N[C@H](C)c3ccccn3)cc2)cc1.[HH].[HH].[HH]. The zero-order valence-corrected chi connectivity index (χ0v) is 16.5. The highest BCUT2D eigenvalue weighted by atomic mass is 16.2. The van der Waals surface area contributed by atoms with Crippen molar-refractivity contribution in [2.45, 2.75) is 26.4 Å². The molecular formula is C23H30N4O2. The van der Waals surface area contributed by atoms with Crippen LogP contribution in [0.4, 0.5) is 10.5 Å². The first-order valence-electron chi connectivity index (χ1n) is 9.43. The van der Waals surface area contributed by atoms with Crippen LogP contribution in [0.5, 0.6) is 0 Å². The number of pyridine rings is 1. The zero-order chi connectivity index (χ0) is 20.6. The van der Waals surface area contributed by atoms with Gasteiger partial charge in [0.1, 0.15) is 0 Å². The van der Waals surface area contributed by atoms with Gasteiger partial charge in [-0.3, -0.25) is 9.78 Å². The Balaban J connectivity index is 0.00000320. The highest BCUT2D eigenvalue weighted by molar-refractivity contribution is 5.95. The molecule has 0 spiro atoms. The molecule has 0 unspecified atom stereocenters. The summed E-state index contributed by atoms with van der Waals surface area (Å²) in [6.45, 7) is 4.35. The van der Waals surface area contributed by atoms with E-state index in [1.165, 1.54) is 5.56 Å². The summed E-state index contributed by atoms with van der Waals surface area (Å²) in [5.41, 5.74) is 4.13. The molecule has 3 rings (SSSR count). The van der Waals surface area contributed by atoms with Gasteiger partial charge in [0.05, 0.1) is 11.7 Å². The number of carbonyl (C=O) groups excluding carboxylic acids is 2. The van der Waals surface area contributed by atoms with Crippen LogP contribution in [-0.2, 0) is 6.54 Å². The summed E-state index contributed by atoms with van der Waals surface area (Å²) >= 11 is 0. The van der Waals surface area contributed by atoms with Crippen molar-refractivity contribution in [3.05, 3.63) is 95.3 Å². The standard InChI is InChI=1S/C23H24N4O2.3H2/c1-16-6-8-18(9-7-16)15-25-23(29)27-20-12-10-19(11-13-20)22(28)26-17(2)21-5-3-4-14-24-21;;;/h3-14,17H,15H2,1-2H3,(H,26,28)(H2,25,27,29);3*1H/t17-;;;/m1.../s1. The number of anilines is 1. The fraction of sp³-hybridized carbons (Fsp3) is 0.174. The van der Waals surface area contributed by atoms with E-state index in [9.17, 15) is 9.59 Å². The predicted molar refractivity (Wildman–Crippen MR) is 120 cm³/mol. The van der Waals surface area contributed by atoms with Gasteiger partial charge >= 0.3 is 6.03 Å². The van der Waals surface area contributed by atoms with Gasteiger partial charge in [0, 0.05) is 28.3 Å². The number of benzene rings is 2. The number of amides is 3. The van der Waals surface area contributed by atoms with E-state index in [0.29, 0.717) is 17.8 Å². The molecule has 3 amide bonds. The molecule has 6 nitrogen and oxygen atoms in total. The van der Waals surface area contributed by atoms with Crippen LogP contribution in [0.3, 0.4) is 0 Å². The molecule has 3 N–H and O–H groups in total. The van der Waals surface area contributed by atoms with Gasteiger partial charge in [-0.25, -0.2) is 4.79 Å². The summed E-state index contributed by atoms with van der Waals surface area (Å²) in [6.07, 6.45) is 1.70. The Kier molecular flexibility index (Phi) is 6.58. The first kappa shape index (κ1) is 20.1. The third kappa shape index (κ3) is 5.90. The molecule has 0 fully saturated rings. The Hall–Kier alpha value is -3.67. The molecule has 1 aromatic heterocycles. The molecule has 0 aliphatic rings. The van der Waals surface area contributed by atoms with Crippen molar-refractivity contribution < 1.29 is 13.9 Å². The van der Waals surface area contributed by atoms with Crippen LogP contribution in [0.1, 0.15) is 44.4 Å². The fourth-order valence-corrected chi connectivity index (χ4v) is 2.75. The lowest BCUT2D eigenvalue weighted by atomic mass is 10.1. The van der Waals surface area contributed by atoms with E-state index in [-0.39, 0.29) is 22.3 Å². The Morgan fingerprint density at radius 1 is 1.00 bits per heavy atom. The van der Waals surface area contributed by atoms with Gasteiger partial charge in [0.25, 0.3) is 5.91 Å². The molecule has 154 valence electrons. The molecule has 2 aromatic carbocycles. The maximum absolute atomic E-state index is 12.4. The molecule has 0 radical (unpaired) electrons. The number of nitrogens with zero attached hydrogens (tertiary/aromatic N) is 1. The van der Waals surface area contributed by atoms with E-state index in [2.05, 4.69) is 20.9 Å². The van der Waals surface area contributed by atoms with E-state index < -0.39 is 0 Å². The summed E-state index contributed by atoms with van der Waals surface area (Å²) < 4.78 is 0. The molecule has 3 aromatic rings. The van der Waals surface area contributed by atoms with Crippen LogP contribution in [-0.4, -0.2) is 16.9 Å². The van der Waals surface area contributed by atoms with E-state index in [1.54, 1.807) is 30.5 Å². The van der Waals surface area contributed by atoms with Gasteiger partial charge in [0.2, 0.25) is 0 Å². The minimum atomic E-state index is -0.299. The van der Waals surface area contributed by atoms with E-state index in [1.807, 2.05) is 56.3 Å². The molecule has 29 heavy (non-hydrogen) atoms. The smallest absolute Gasteiger partial charge is 0.319 e. The molecule has 0 aliphatic heterocycles. The molecular weight excluding hydrogens is 364 g/mol. The van der Waals surface area contributed by atoms with Crippen LogP contribution in [0, 0.1) is 6.92 Å². The average Bonchev–Trinajstić information content (AvgIpc) is 2.74. The van der Waals surface area contributed by atoms with Crippen LogP contribution < -0.4 is 16.0 Å². The number of hydrogen-bond donors (Lipinski definition) is 3. The van der Waals surface area contributed by atoms with Gasteiger partial charge in [0.15, 0.2) is 0 Å². The van der Waals surface area contributed by atoms with Crippen molar-refractivity contribution in [3.63, 3.8) is 0 Å². The molecule has 1 atom stereocenters. The average molecular weight is 395 g/mol. The number of nitrogens with one attached hydrogen (secondary N) is 3. The minimum absolute atomic E-state index is 0. The normalized spacial score (nSPS) is 11.4. The number of aromatic nitrogens is 1. The van der Waals surface area contributed by atoms with E-state index in [0.717, 1.165) is 11.3 Å². The third-order valence-electron chi connectivity index (χ3n) is 4.46. The number of aryl methyl sites for hydroxylation is 1. The highest BCUT2D eigenvalue weighted by Gasteiger charge is 2.12. The van der Waals surface area contributed by atoms with Crippen LogP contribution in [0.2, 0.25) is 0 Å². The van der Waals surface area contributed by atoms with Gasteiger partial charge in [-0.1, -0.05) is 35.9 Å². The number of urea groups is 1. The molecule has 1 heterocycles. The van der Waals surface area contributed by atoms with Gasteiger partial charge in [-0.05, 0) is 55.8 Å². The first-order chi connectivity index (χ1) is 14.0. The summed E-state index contributed by atoms with van der Waals surface area (Å²) in [5.74, 6) is -0.196. The van der Waals surface area contributed by atoms with Gasteiger partial charge < -0.3 is 16.0 Å². The van der Waals surface area contributed by atoms with Crippen LogP contribution in [0.15, 0.2) is 72.9 Å². The Bertz CT molecular complexity index is 969. The van der Waals surface area contributed by atoms with E-state index >= 15 is 0 Å². The Morgan fingerprint density at radius 2 is 1.72 bits per heavy atom. The Morgan fingerprint density at radius 3 is 2.38 bits per heavy atom. The molecule has 0 bridgehead atoms. The van der Waals surface area contributed by atoms with Gasteiger partial charge in [-0.2, -0.15) is 0 Å². The predicted octanol–water partition coefficient (Wildman–Crippen LogP) is 4.94. The number of hydrogen-bond acceptors (Lipinski definition) is 3. The summed E-state index contributed by atoms with van der Waals surface area (Å²) in [7, 11) is 0.